The van der Waals surface area contributed by atoms with Crippen molar-refractivity contribution in [3.8, 4) is 12.3 Å². The van der Waals surface area contributed by atoms with E-state index in [1.165, 1.54) is 0 Å². The molecule has 27 heavy (non-hydrogen) atoms. The van der Waals surface area contributed by atoms with Crippen LogP contribution in [0.5, 0.6) is 0 Å². The normalized spacial score (nSPS) is 20.0. The second-order valence-electron chi connectivity index (χ2n) is 6.05. The minimum atomic E-state index is -2.06. The van der Waals surface area contributed by atoms with E-state index in [-0.39, 0.29) is 29.1 Å². The molecule has 0 aliphatic carbocycles. The van der Waals surface area contributed by atoms with Crippen LogP contribution in [-0.2, 0) is 20.1 Å². The maximum Gasteiger partial charge on any atom is 0.343 e. The maximum atomic E-state index is 12.7. The molecule has 4 rings (SSSR count). The van der Waals surface area contributed by atoms with E-state index in [1.54, 1.807) is 55.5 Å². The molecule has 0 radical (unpaired) electrons. The number of hydroxylamine groups is 2. The summed E-state index contributed by atoms with van der Waals surface area (Å²) in [6, 6.07) is 13.2. The Kier molecular flexibility index (Phi) is 3.76. The zero-order valence-electron chi connectivity index (χ0n) is 14.4. The molecule has 1 atom stereocenters. The quantitative estimate of drug-likeness (QED) is 0.670. The molecule has 1 unspecified atom stereocenters. The van der Waals surface area contributed by atoms with E-state index < -0.39 is 17.6 Å². The lowest BCUT2D eigenvalue weighted by Crippen LogP contribution is -2.42. The molecule has 2 aliphatic rings. The Morgan fingerprint density at radius 1 is 1.26 bits per heavy atom. The third kappa shape index (κ3) is 2.26. The summed E-state index contributed by atoms with van der Waals surface area (Å²) in [5.74, 6) is 1.26. The first-order valence-electron chi connectivity index (χ1n) is 8.35. The molecular weight excluding hydrogens is 346 g/mol. The lowest BCUT2D eigenvalue weighted by Gasteiger charge is -2.25. The summed E-state index contributed by atoms with van der Waals surface area (Å²) in [4.78, 5) is 31.1. The number of rotatable bonds is 3. The molecule has 0 saturated heterocycles. The highest BCUT2D eigenvalue weighted by Gasteiger charge is 2.61. The minimum Gasteiger partial charge on any atom is -0.462 e. The first-order chi connectivity index (χ1) is 13.0. The molecule has 2 aromatic carbocycles. The zero-order valence-corrected chi connectivity index (χ0v) is 14.4. The predicted molar refractivity (Wildman–Crippen MR) is 95.5 cm³/mol. The topological polar surface area (TPSA) is 76.1 Å². The van der Waals surface area contributed by atoms with Crippen molar-refractivity contribution in [3.05, 3.63) is 76.4 Å². The van der Waals surface area contributed by atoms with Crippen molar-refractivity contribution >= 4 is 17.6 Å². The molecule has 6 nitrogen and oxygen atoms in total. The highest BCUT2D eigenvalue weighted by molar-refractivity contribution is 6.07. The molecule has 6 heteroatoms. The average molecular weight is 361 g/mol. The van der Waals surface area contributed by atoms with Crippen LogP contribution in [0, 0.1) is 12.3 Å². The van der Waals surface area contributed by atoms with Crippen molar-refractivity contribution < 1.29 is 24.3 Å². The van der Waals surface area contributed by atoms with Crippen LogP contribution in [0.25, 0.3) is 5.76 Å². The van der Waals surface area contributed by atoms with Gasteiger partial charge in [0, 0.05) is 16.7 Å². The monoisotopic (exact) mass is 361 g/mol. The van der Waals surface area contributed by atoms with Crippen molar-refractivity contribution in [3.63, 3.8) is 0 Å². The van der Waals surface area contributed by atoms with Crippen molar-refractivity contribution in [2.24, 2.45) is 0 Å². The summed E-state index contributed by atoms with van der Waals surface area (Å²) >= 11 is 0. The number of ether oxygens (including phenoxy) is 1. The van der Waals surface area contributed by atoms with Gasteiger partial charge in [-0.25, -0.2) is 4.79 Å². The summed E-state index contributed by atoms with van der Waals surface area (Å²) in [5.41, 5.74) is -0.520. The van der Waals surface area contributed by atoms with E-state index in [1.807, 2.05) is 0 Å². The van der Waals surface area contributed by atoms with Gasteiger partial charge in [0.15, 0.2) is 5.76 Å². The van der Waals surface area contributed by atoms with Gasteiger partial charge in [0.2, 0.25) is 5.72 Å². The molecule has 0 saturated carbocycles. The molecule has 1 amide bonds. The Morgan fingerprint density at radius 2 is 1.96 bits per heavy atom. The van der Waals surface area contributed by atoms with Crippen LogP contribution < -0.4 is 0 Å². The Labute approximate surface area is 155 Å². The van der Waals surface area contributed by atoms with Crippen molar-refractivity contribution in [2.75, 3.05) is 6.61 Å². The Morgan fingerprint density at radius 3 is 2.63 bits per heavy atom. The number of nitrogens with zero attached hydrogens (tertiary/aromatic N) is 1. The summed E-state index contributed by atoms with van der Waals surface area (Å²) < 4.78 is 5.14. The van der Waals surface area contributed by atoms with Gasteiger partial charge in [-0.1, -0.05) is 24.1 Å². The Hall–Kier alpha value is -3.56. The fourth-order valence-electron chi connectivity index (χ4n) is 3.33. The zero-order chi connectivity index (χ0) is 19.2. The molecule has 134 valence electrons. The Bertz CT molecular complexity index is 1030. The van der Waals surface area contributed by atoms with Crippen molar-refractivity contribution in [1.29, 1.82) is 0 Å². The van der Waals surface area contributed by atoms with Crippen LogP contribution in [0.15, 0.2) is 54.1 Å². The highest BCUT2D eigenvalue weighted by atomic mass is 16.7. The molecule has 2 aromatic rings. The van der Waals surface area contributed by atoms with E-state index in [0.717, 1.165) is 5.06 Å². The van der Waals surface area contributed by atoms with Crippen LogP contribution >= 0.6 is 0 Å². The third-order valence-electron chi connectivity index (χ3n) is 4.56. The van der Waals surface area contributed by atoms with Crippen LogP contribution in [-0.4, -0.2) is 28.7 Å². The number of hydrogen-bond acceptors (Lipinski definition) is 5. The van der Waals surface area contributed by atoms with Gasteiger partial charge in [0.05, 0.1) is 12.2 Å². The molecule has 0 fully saturated rings. The van der Waals surface area contributed by atoms with Crippen molar-refractivity contribution in [1.82, 2.24) is 5.06 Å². The number of hydrogen-bond donors (Lipinski definition) is 1. The SMILES string of the molecule is C#Cc1ccc(C2=C(C(=O)OCC)C3(O)c4ccccc4C(=O)N3O2)cc1. The van der Waals surface area contributed by atoms with Gasteiger partial charge in [-0.15, -0.1) is 11.5 Å². The first-order valence-corrected chi connectivity index (χ1v) is 8.35. The number of terminal acetylenes is 1. The number of aliphatic hydroxyl groups is 1. The fourth-order valence-corrected chi connectivity index (χ4v) is 3.33. The lowest BCUT2D eigenvalue weighted by molar-refractivity contribution is -0.183. The smallest absolute Gasteiger partial charge is 0.343 e. The maximum absolute atomic E-state index is 12.7. The van der Waals surface area contributed by atoms with Gasteiger partial charge in [-0.05, 0) is 37.3 Å². The molecular formula is C21H15NO5. The average Bonchev–Trinajstić information content (AvgIpc) is 3.11. The number of carbonyl (C=O) groups is 2. The van der Waals surface area contributed by atoms with E-state index in [9.17, 15) is 14.7 Å². The van der Waals surface area contributed by atoms with E-state index in [0.29, 0.717) is 11.1 Å². The fraction of sp³-hybridized carbons (Fsp3) is 0.143. The first kappa shape index (κ1) is 16.9. The predicted octanol–water partition coefficient (Wildman–Crippen LogP) is 2.19. The Balaban J connectivity index is 1.94. The number of esters is 1. The lowest BCUT2D eigenvalue weighted by atomic mass is 9.92. The van der Waals surface area contributed by atoms with Gasteiger partial charge in [-0.2, -0.15) is 0 Å². The standard InChI is InChI=1S/C21H15NO5/c1-3-13-9-11-14(12-10-13)18-17(20(24)26-4-2)21(25)16-8-6-5-7-15(16)19(23)22(21)27-18/h1,5-12,25H,4H2,2H3. The summed E-state index contributed by atoms with van der Waals surface area (Å²) in [5, 5.41) is 12.2. The van der Waals surface area contributed by atoms with Crippen molar-refractivity contribution in [2.45, 2.75) is 12.6 Å². The summed E-state index contributed by atoms with van der Waals surface area (Å²) in [6.07, 6.45) is 5.38. The number of fused-ring (bicyclic) bond motifs is 3. The van der Waals surface area contributed by atoms with Gasteiger partial charge in [0.25, 0.3) is 5.91 Å². The van der Waals surface area contributed by atoms with Gasteiger partial charge in [-0.3, -0.25) is 4.79 Å². The molecule has 0 bridgehead atoms. The molecule has 2 aliphatic heterocycles. The minimum absolute atomic E-state index is 0.0578. The van der Waals surface area contributed by atoms with Crippen LogP contribution in [0.4, 0.5) is 0 Å². The number of carbonyl (C=O) groups excluding carboxylic acids is 2. The van der Waals surface area contributed by atoms with Crippen LogP contribution in [0.1, 0.15) is 34.0 Å². The molecule has 1 N–H and O–H groups in total. The van der Waals surface area contributed by atoms with E-state index in [4.69, 9.17) is 16.0 Å². The summed E-state index contributed by atoms with van der Waals surface area (Å²) in [6.45, 7) is 1.77. The van der Waals surface area contributed by atoms with Crippen LogP contribution in [0.3, 0.4) is 0 Å². The molecule has 0 aromatic heterocycles. The van der Waals surface area contributed by atoms with E-state index >= 15 is 0 Å². The second-order valence-corrected chi connectivity index (χ2v) is 6.05. The molecule has 0 spiro atoms. The van der Waals surface area contributed by atoms with E-state index in [2.05, 4.69) is 5.92 Å². The van der Waals surface area contributed by atoms with Crippen LogP contribution in [0.2, 0.25) is 0 Å². The third-order valence-corrected chi connectivity index (χ3v) is 4.56. The number of amides is 1. The highest BCUT2D eigenvalue weighted by Crippen LogP contribution is 2.51. The number of benzene rings is 2. The second kappa shape index (κ2) is 6.01. The van der Waals surface area contributed by atoms with Gasteiger partial charge >= 0.3 is 5.97 Å². The van der Waals surface area contributed by atoms with Gasteiger partial charge in [0.1, 0.15) is 5.57 Å². The largest absolute Gasteiger partial charge is 0.462 e. The van der Waals surface area contributed by atoms with Gasteiger partial charge < -0.3 is 14.7 Å². The summed E-state index contributed by atoms with van der Waals surface area (Å²) in [7, 11) is 0. The molecule has 2 heterocycles.